The van der Waals surface area contributed by atoms with Gasteiger partial charge in [0.1, 0.15) is 17.2 Å². The van der Waals surface area contributed by atoms with Crippen molar-refractivity contribution in [3.8, 4) is 11.3 Å². The lowest BCUT2D eigenvalue weighted by molar-refractivity contribution is -0.118. The highest BCUT2D eigenvalue weighted by atomic mass is 32.2. The molecular formula is C25H30N8O3S. The van der Waals surface area contributed by atoms with Gasteiger partial charge >= 0.3 is 0 Å². The van der Waals surface area contributed by atoms with E-state index in [9.17, 15) is 9.35 Å². The number of hydrogen-bond acceptors (Lipinski definition) is 10. The van der Waals surface area contributed by atoms with E-state index in [1.165, 1.54) is 0 Å². The first-order valence-corrected chi connectivity index (χ1v) is 14.2. The fourth-order valence-corrected chi connectivity index (χ4v) is 5.99. The number of carbonyl (C=O) groups is 1. The van der Waals surface area contributed by atoms with Crippen LogP contribution >= 0.6 is 0 Å². The van der Waals surface area contributed by atoms with Crippen molar-refractivity contribution in [1.82, 2.24) is 24.8 Å². The molecule has 37 heavy (non-hydrogen) atoms. The van der Waals surface area contributed by atoms with Crippen LogP contribution in [0.25, 0.3) is 22.4 Å². The third-order valence-electron chi connectivity index (χ3n) is 7.06. The second-order valence-electron chi connectivity index (χ2n) is 9.34. The Morgan fingerprint density at radius 3 is 2.19 bits per heavy atom. The van der Waals surface area contributed by atoms with E-state index in [4.69, 9.17) is 24.7 Å². The quantitative estimate of drug-likeness (QED) is 0.352. The molecule has 11 nitrogen and oxygen atoms in total. The van der Waals surface area contributed by atoms with Crippen LogP contribution in [0.4, 0.5) is 17.6 Å². The highest BCUT2D eigenvalue weighted by Gasteiger charge is 2.28. The molecule has 12 heteroatoms. The van der Waals surface area contributed by atoms with Crippen LogP contribution in [0.2, 0.25) is 0 Å². The molecule has 3 aromatic rings. The monoisotopic (exact) mass is 522 g/mol. The maximum absolute atomic E-state index is 12.1. The molecule has 0 unspecified atom stereocenters. The zero-order valence-corrected chi connectivity index (χ0v) is 21.5. The molecule has 3 aliphatic heterocycles. The summed E-state index contributed by atoms with van der Waals surface area (Å²) in [4.78, 5) is 39.6. The molecule has 3 fully saturated rings. The summed E-state index contributed by atoms with van der Waals surface area (Å²) in [6.45, 7) is 6.59. The van der Waals surface area contributed by atoms with Gasteiger partial charge in [-0.05, 0) is 0 Å². The largest absolute Gasteiger partial charge is 0.616 e. The molecule has 0 N–H and O–H groups in total. The Bertz CT molecular complexity index is 1240. The van der Waals surface area contributed by atoms with E-state index in [0.717, 1.165) is 29.3 Å². The molecule has 0 saturated carbocycles. The lowest BCUT2D eigenvalue weighted by atomic mass is 10.1. The van der Waals surface area contributed by atoms with Gasteiger partial charge in [-0.3, -0.25) is 4.79 Å². The number of benzene rings is 1. The van der Waals surface area contributed by atoms with Crippen molar-refractivity contribution >= 4 is 46.3 Å². The average molecular weight is 523 g/mol. The normalized spacial score (nSPS) is 19.5. The molecule has 0 radical (unpaired) electrons. The minimum atomic E-state index is -0.800. The molecular weight excluding hydrogens is 492 g/mol. The summed E-state index contributed by atoms with van der Waals surface area (Å²) >= 11 is -0.800. The van der Waals surface area contributed by atoms with Crippen LogP contribution in [0.1, 0.15) is 0 Å². The number of nitrogens with zero attached hydrogens (tertiary/aromatic N) is 8. The zero-order valence-electron chi connectivity index (χ0n) is 20.7. The molecule has 0 spiro atoms. The number of anilines is 3. The van der Waals surface area contributed by atoms with Crippen LogP contribution in [0.15, 0.2) is 30.3 Å². The number of carbonyl (C=O) groups excluding carboxylic acids is 1. The number of fused-ring (bicyclic) bond motifs is 1. The van der Waals surface area contributed by atoms with E-state index in [0.29, 0.717) is 94.2 Å². The van der Waals surface area contributed by atoms with E-state index in [2.05, 4.69) is 14.7 Å². The fourth-order valence-electron chi connectivity index (χ4n) is 4.94. The molecule has 1 aromatic carbocycles. The minimum Gasteiger partial charge on any atom is -0.616 e. The van der Waals surface area contributed by atoms with Crippen molar-refractivity contribution in [2.45, 2.75) is 0 Å². The molecule has 0 atom stereocenters. The van der Waals surface area contributed by atoms with Crippen LogP contribution in [0.3, 0.4) is 0 Å². The lowest BCUT2D eigenvalue weighted by Gasteiger charge is -2.34. The molecule has 194 valence electrons. The molecule has 3 saturated heterocycles. The van der Waals surface area contributed by atoms with E-state index in [1.807, 2.05) is 30.3 Å². The van der Waals surface area contributed by atoms with E-state index < -0.39 is 11.2 Å². The SMILES string of the molecule is O=CN1CCN(c2nc(N3CCOCC3)c3nc(-c4ccccc4)c(N4CC[S+]([O-])CC4)nc3n2)CC1. The summed E-state index contributed by atoms with van der Waals surface area (Å²) in [6, 6.07) is 10.1. The summed E-state index contributed by atoms with van der Waals surface area (Å²) in [5, 5.41) is 0. The first kappa shape index (κ1) is 24.1. The van der Waals surface area contributed by atoms with Gasteiger partial charge in [0.25, 0.3) is 0 Å². The molecule has 0 aliphatic carbocycles. The number of ether oxygens (including phenoxy) is 1. The maximum atomic E-state index is 12.1. The van der Waals surface area contributed by atoms with Crippen molar-refractivity contribution in [2.75, 3.05) is 91.8 Å². The Hall–Kier alpha value is -3.22. The lowest BCUT2D eigenvalue weighted by Crippen LogP contribution is -2.46. The smallest absolute Gasteiger partial charge is 0.229 e. The van der Waals surface area contributed by atoms with E-state index in [1.54, 1.807) is 4.90 Å². The Kier molecular flexibility index (Phi) is 6.94. The first-order valence-electron chi connectivity index (χ1n) is 12.7. The van der Waals surface area contributed by atoms with Crippen LogP contribution in [0.5, 0.6) is 0 Å². The second kappa shape index (κ2) is 10.6. The highest BCUT2D eigenvalue weighted by molar-refractivity contribution is 7.91. The van der Waals surface area contributed by atoms with Crippen LogP contribution in [0, 0.1) is 0 Å². The van der Waals surface area contributed by atoms with Gasteiger partial charge in [-0.2, -0.15) is 9.97 Å². The van der Waals surface area contributed by atoms with Gasteiger partial charge in [-0.25, -0.2) is 9.97 Å². The van der Waals surface area contributed by atoms with Crippen molar-refractivity contribution in [3.05, 3.63) is 30.3 Å². The van der Waals surface area contributed by atoms with Gasteiger partial charge in [0.2, 0.25) is 12.4 Å². The molecule has 1 amide bonds. The van der Waals surface area contributed by atoms with Crippen molar-refractivity contribution in [3.63, 3.8) is 0 Å². The predicted octanol–water partition coefficient (Wildman–Crippen LogP) is 0.771. The van der Waals surface area contributed by atoms with E-state index in [-0.39, 0.29) is 0 Å². The number of amides is 1. The van der Waals surface area contributed by atoms with Crippen molar-refractivity contribution in [1.29, 1.82) is 0 Å². The summed E-state index contributed by atoms with van der Waals surface area (Å²) in [7, 11) is 0. The summed E-state index contributed by atoms with van der Waals surface area (Å²) in [6.07, 6.45) is 0.895. The molecule has 6 rings (SSSR count). The average Bonchev–Trinajstić information content (AvgIpc) is 2.97. The van der Waals surface area contributed by atoms with Gasteiger partial charge in [0.15, 0.2) is 22.8 Å². The molecule has 3 aliphatic rings. The highest BCUT2D eigenvalue weighted by Crippen LogP contribution is 2.34. The van der Waals surface area contributed by atoms with Crippen molar-refractivity contribution < 1.29 is 14.1 Å². The van der Waals surface area contributed by atoms with Crippen LogP contribution in [-0.4, -0.2) is 113 Å². The summed E-state index contributed by atoms with van der Waals surface area (Å²) in [5.74, 6) is 3.36. The Balaban J connectivity index is 1.49. The third-order valence-corrected chi connectivity index (χ3v) is 8.34. The maximum Gasteiger partial charge on any atom is 0.229 e. The number of rotatable bonds is 5. The molecule has 5 heterocycles. The number of hydrogen-bond donors (Lipinski definition) is 0. The van der Waals surface area contributed by atoms with Gasteiger partial charge in [0.05, 0.1) is 26.3 Å². The van der Waals surface area contributed by atoms with Gasteiger partial charge in [-0.1, -0.05) is 41.5 Å². The fraction of sp³-hybridized carbons (Fsp3) is 0.480. The Morgan fingerprint density at radius 1 is 0.784 bits per heavy atom. The van der Waals surface area contributed by atoms with Crippen LogP contribution in [-0.2, 0) is 20.7 Å². The van der Waals surface area contributed by atoms with Gasteiger partial charge in [-0.15, -0.1) is 0 Å². The van der Waals surface area contributed by atoms with Gasteiger partial charge in [0, 0.05) is 44.8 Å². The predicted molar refractivity (Wildman–Crippen MR) is 144 cm³/mol. The third kappa shape index (κ3) is 5.00. The first-order chi connectivity index (χ1) is 18.2. The summed E-state index contributed by atoms with van der Waals surface area (Å²) in [5.41, 5.74) is 2.97. The van der Waals surface area contributed by atoms with Crippen LogP contribution < -0.4 is 14.7 Å². The standard InChI is InChI=1S/C25H30N8O3S/c34-18-30-6-8-33(9-7-30)25-28-22-21(24(29-25)31-10-14-36-15-11-31)26-20(19-4-2-1-3-5-19)23(27-22)32-12-16-37(35)17-13-32/h1-5,18H,6-17H2. The number of aromatic nitrogens is 4. The summed E-state index contributed by atoms with van der Waals surface area (Å²) < 4.78 is 17.7. The molecule has 2 aromatic heterocycles. The number of piperazine rings is 1. The Morgan fingerprint density at radius 2 is 1.49 bits per heavy atom. The number of morpholine rings is 1. The second-order valence-corrected chi connectivity index (χ2v) is 11.0. The van der Waals surface area contributed by atoms with Gasteiger partial charge < -0.3 is 28.9 Å². The molecule has 0 bridgehead atoms. The zero-order chi connectivity index (χ0) is 25.2. The Labute approximate surface area is 218 Å². The van der Waals surface area contributed by atoms with Crippen molar-refractivity contribution in [2.24, 2.45) is 0 Å². The van der Waals surface area contributed by atoms with E-state index >= 15 is 0 Å². The topological polar surface area (TPSA) is 114 Å². The minimum absolute atomic E-state index is 0.547.